The van der Waals surface area contributed by atoms with E-state index in [0.29, 0.717) is 24.9 Å². The summed E-state index contributed by atoms with van der Waals surface area (Å²) >= 11 is 0. The second-order valence-electron chi connectivity index (χ2n) is 5.39. The van der Waals surface area contributed by atoms with Gasteiger partial charge in [0, 0.05) is 12.6 Å². The number of hydrogen-bond acceptors (Lipinski definition) is 3. The second kappa shape index (κ2) is 5.26. The Morgan fingerprint density at radius 2 is 2.10 bits per heavy atom. The lowest BCUT2D eigenvalue weighted by Gasteiger charge is -2.41. The lowest BCUT2D eigenvalue weighted by molar-refractivity contribution is -0.274. The zero-order valence-corrected chi connectivity index (χ0v) is 11.4. The topological polar surface area (TPSA) is 32.7 Å². The smallest absolute Gasteiger partial charge is 0.406 e. The van der Waals surface area contributed by atoms with Crippen molar-refractivity contribution < 1.29 is 23.0 Å². The number of benzene rings is 1. The number of nitrogens with zero attached hydrogens (tertiary/aromatic N) is 1. The Kier molecular flexibility index (Phi) is 3.97. The molecule has 0 saturated carbocycles. The van der Waals surface area contributed by atoms with E-state index in [1.54, 1.807) is 6.07 Å². The maximum Gasteiger partial charge on any atom is 0.573 e. The number of rotatable bonds is 2. The van der Waals surface area contributed by atoms with E-state index in [2.05, 4.69) is 9.64 Å². The fourth-order valence-corrected chi connectivity index (χ4v) is 2.57. The van der Waals surface area contributed by atoms with Crippen molar-refractivity contribution in [3.05, 3.63) is 29.8 Å². The number of likely N-dealkylation sites (tertiary alicyclic amines) is 1. The van der Waals surface area contributed by atoms with Gasteiger partial charge in [0.1, 0.15) is 5.75 Å². The molecule has 2 atom stereocenters. The number of piperidine rings is 1. The quantitative estimate of drug-likeness (QED) is 0.908. The molecule has 0 radical (unpaired) electrons. The van der Waals surface area contributed by atoms with Crippen molar-refractivity contribution in [3.8, 4) is 5.75 Å². The fraction of sp³-hybridized carbons (Fsp3) is 0.571. The first kappa shape index (κ1) is 15.1. The lowest BCUT2D eigenvalue weighted by atomic mass is 9.81. The van der Waals surface area contributed by atoms with Crippen LogP contribution in [0.15, 0.2) is 24.3 Å². The van der Waals surface area contributed by atoms with Crippen LogP contribution in [0.2, 0.25) is 0 Å². The molecule has 0 aliphatic carbocycles. The summed E-state index contributed by atoms with van der Waals surface area (Å²) in [6.07, 6.45) is -3.75. The summed E-state index contributed by atoms with van der Waals surface area (Å²) in [5.41, 5.74) is -0.629. The van der Waals surface area contributed by atoms with Crippen LogP contribution < -0.4 is 4.74 Å². The molecule has 2 rings (SSSR count). The zero-order chi connectivity index (χ0) is 15.0. The molecule has 6 heteroatoms. The molecule has 0 bridgehead atoms. The molecule has 1 N–H and O–H groups in total. The molecule has 20 heavy (non-hydrogen) atoms. The second-order valence-corrected chi connectivity index (χ2v) is 5.39. The molecule has 0 amide bonds. The van der Waals surface area contributed by atoms with Crippen molar-refractivity contribution in [1.82, 2.24) is 4.90 Å². The molecule has 1 heterocycles. The van der Waals surface area contributed by atoms with Crippen molar-refractivity contribution in [2.45, 2.75) is 37.8 Å². The van der Waals surface area contributed by atoms with E-state index < -0.39 is 12.0 Å². The summed E-state index contributed by atoms with van der Waals surface area (Å²) < 4.78 is 40.6. The minimum atomic E-state index is -4.72. The van der Waals surface area contributed by atoms with Gasteiger partial charge in [-0.15, -0.1) is 13.2 Å². The van der Waals surface area contributed by atoms with E-state index in [0.717, 1.165) is 0 Å². The molecule has 1 saturated heterocycles. The molecule has 1 aliphatic heterocycles. The maximum atomic E-state index is 12.2. The van der Waals surface area contributed by atoms with Gasteiger partial charge in [0.05, 0.1) is 5.60 Å². The van der Waals surface area contributed by atoms with E-state index in [1.165, 1.54) is 18.2 Å². The highest BCUT2D eigenvalue weighted by molar-refractivity contribution is 5.33. The maximum absolute atomic E-state index is 12.2. The van der Waals surface area contributed by atoms with E-state index in [4.69, 9.17) is 0 Å². The monoisotopic (exact) mass is 289 g/mol. The summed E-state index contributed by atoms with van der Waals surface area (Å²) in [4.78, 5) is 2.12. The van der Waals surface area contributed by atoms with Crippen LogP contribution in [-0.2, 0) is 5.60 Å². The Morgan fingerprint density at radius 3 is 2.70 bits per heavy atom. The van der Waals surface area contributed by atoms with Crippen LogP contribution in [0.1, 0.15) is 25.3 Å². The first-order valence-electron chi connectivity index (χ1n) is 6.48. The highest BCUT2D eigenvalue weighted by atomic mass is 19.4. The van der Waals surface area contributed by atoms with Gasteiger partial charge in [-0.25, -0.2) is 0 Å². The highest BCUT2D eigenvalue weighted by Gasteiger charge is 2.37. The third-order valence-electron chi connectivity index (χ3n) is 3.87. The number of halogens is 3. The van der Waals surface area contributed by atoms with Crippen molar-refractivity contribution in [3.63, 3.8) is 0 Å². The van der Waals surface area contributed by atoms with Crippen molar-refractivity contribution >= 4 is 0 Å². The molecule has 0 spiro atoms. The van der Waals surface area contributed by atoms with Gasteiger partial charge in [0.25, 0.3) is 0 Å². The van der Waals surface area contributed by atoms with E-state index in [9.17, 15) is 18.3 Å². The average Bonchev–Trinajstić information content (AvgIpc) is 2.33. The molecule has 0 aromatic heterocycles. The molecular weight excluding hydrogens is 271 g/mol. The van der Waals surface area contributed by atoms with Gasteiger partial charge >= 0.3 is 6.36 Å². The Hall–Kier alpha value is -1.27. The van der Waals surface area contributed by atoms with Gasteiger partial charge in [-0.2, -0.15) is 0 Å². The van der Waals surface area contributed by atoms with Gasteiger partial charge in [0.2, 0.25) is 0 Å². The summed E-state index contributed by atoms with van der Waals surface area (Å²) in [5, 5.41) is 10.7. The SMILES string of the molecule is CC1CC(O)(c2cccc(OC(F)(F)F)c2)CCN1C. The first-order valence-corrected chi connectivity index (χ1v) is 6.48. The predicted octanol–water partition coefficient (Wildman–Crippen LogP) is 2.89. The average molecular weight is 289 g/mol. The van der Waals surface area contributed by atoms with E-state index in [1.807, 2.05) is 14.0 Å². The molecular formula is C14H18F3NO2. The Balaban J connectivity index is 2.22. The van der Waals surface area contributed by atoms with Gasteiger partial charge in [-0.05, 0) is 44.5 Å². The zero-order valence-electron chi connectivity index (χ0n) is 11.4. The normalized spacial score (nSPS) is 28.4. The van der Waals surface area contributed by atoms with Crippen LogP contribution in [0, 0.1) is 0 Å². The number of aliphatic hydroxyl groups is 1. The first-order chi connectivity index (χ1) is 9.20. The van der Waals surface area contributed by atoms with Crippen LogP contribution in [-0.4, -0.2) is 36.0 Å². The molecule has 1 aromatic carbocycles. The van der Waals surface area contributed by atoms with E-state index in [-0.39, 0.29) is 11.8 Å². The van der Waals surface area contributed by atoms with Gasteiger partial charge in [-0.3, -0.25) is 0 Å². The molecule has 2 unspecified atom stereocenters. The minimum Gasteiger partial charge on any atom is -0.406 e. The predicted molar refractivity (Wildman–Crippen MR) is 68.3 cm³/mol. The molecule has 1 fully saturated rings. The highest BCUT2D eigenvalue weighted by Crippen LogP contribution is 2.37. The molecule has 1 aliphatic rings. The van der Waals surface area contributed by atoms with Crippen molar-refractivity contribution in [1.29, 1.82) is 0 Å². The van der Waals surface area contributed by atoms with Crippen LogP contribution in [0.3, 0.4) is 0 Å². The lowest BCUT2D eigenvalue weighted by Crippen LogP contribution is -2.45. The summed E-state index contributed by atoms with van der Waals surface area (Å²) in [5.74, 6) is -0.296. The van der Waals surface area contributed by atoms with Gasteiger partial charge in [-0.1, -0.05) is 12.1 Å². The van der Waals surface area contributed by atoms with E-state index >= 15 is 0 Å². The van der Waals surface area contributed by atoms with Crippen LogP contribution in [0.4, 0.5) is 13.2 Å². The largest absolute Gasteiger partial charge is 0.573 e. The molecule has 1 aromatic rings. The molecule has 3 nitrogen and oxygen atoms in total. The van der Waals surface area contributed by atoms with Crippen LogP contribution >= 0.6 is 0 Å². The van der Waals surface area contributed by atoms with Crippen molar-refractivity contribution in [2.24, 2.45) is 0 Å². The molecule has 112 valence electrons. The van der Waals surface area contributed by atoms with Gasteiger partial charge < -0.3 is 14.7 Å². The summed E-state index contributed by atoms with van der Waals surface area (Å²) in [6, 6.07) is 5.78. The fourth-order valence-electron chi connectivity index (χ4n) is 2.57. The third kappa shape index (κ3) is 3.43. The number of hydrogen-bond donors (Lipinski definition) is 1. The van der Waals surface area contributed by atoms with Crippen molar-refractivity contribution in [2.75, 3.05) is 13.6 Å². The minimum absolute atomic E-state index is 0.168. The standard InChI is InChI=1S/C14H18F3NO2/c1-10-9-13(19,6-7-18(10)2)11-4-3-5-12(8-11)20-14(15,16)17/h3-5,8,10,19H,6-7,9H2,1-2H3. The third-order valence-corrected chi connectivity index (χ3v) is 3.87. The van der Waals surface area contributed by atoms with Gasteiger partial charge in [0.15, 0.2) is 0 Å². The number of alkyl halides is 3. The summed E-state index contributed by atoms with van der Waals surface area (Å²) in [6.45, 7) is 2.68. The summed E-state index contributed by atoms with van der Waals surface area (Å²) in [7, 11) is 1.97. The van der Waals surface area contributed by atoms with Crippen LogP contribution in [0.25, 0.3) is 0 Å². The Morgan fingerprint density at radius 1 is 1.40 bits per heavy atom. The van der Waals surface area contributed by atoms with Crippen LogP contribution in [0.5, 0.6) is 5.75 Å². The number of ether oxygens (including phenoxy) is 1. The Labute approximate surface area is 116 Å². The Bertz CT molecular complexity index is 478.